The highest BCUT2D eigenvalue weighted by atomic mass is 16.5. The van der Waals surface area contributed by atoms with E-state index in [1.165, 1.54) is 0 Å². The van der Waals surface area contributed by atoms with Gasteiger partial charge in [0.15, 0.2) is 0 Å². The molecule has 21 heavy (non-hydrogen) atoms. The number of rotatable bonds is 6. The highest BCUT2D eigenvalue weighted by Gasteiger charge is 2.07. The molecule has 7 nitrogen and oxygen atoms in total. The number of hydrogen-bond donors (Lipinski definition) is 0. The van der Waals surface area contributed by atoms with Crippen molar-refractivity contribution in [1.82, 2.24) is 25.2 Å². The molecule has 0 aliphatic rings. The van der Waals surface area contributed by atoms with Gasteiger partial charge >= 0.3 is 0 Å². The van der Waals surface area contributed by atoms with Crippen LogP contribution in [0.1, 0.15) is 24.4 Å². The first-order valence-electron chi connectivity index (χ1n) is 6.71. The number of hydrogen-bond acceptors (Lipinski definition) is 6. The first-order valence-corrected chi connectivity index (χ1v) is 6.71. The van der Waals surface area contributed by atoms with Crippen LogP contribution in [0.5, 0.6) is 5.75 Å². The van der Waals surface area contributed by atoms with E-state index in [1.807, 2.05) is 37.3 Å². The van der Waals surface area contributed by atoms with Crippen LogP contribution in [0.15, 0.2) is 40.9 Å². The van der Waals surface area contributed by atoms with E-state index in [9.17, 15) is 0 Å². The van der Waals surface area contributed by atoms with Gasteiger partial charge in [-0.3, -0.25) is 0 Å². The number of aromatic nitrogens is 5. The van der Waals surface area contributed by atoms with E-state index < -0.39 is 0 Å². The predicted octanol–water partition coefficient (Wildman–Crippen LogP) is 1.85. The van der Waals surface area contributed by atoms with Crippen molar-refractivity contribution >= 4 is 0 Å². The quantitative estimate of drug-likeness (QED) is 0.687. The van der Waals surface area contributed by atoms with Crippen LogP contribution in [0.25, 0.3) is 0 Å². The second-order valence-electron chi connectivity index (χ2n) is 4.45. The smallest absolute Gasteiger partial charge is 0.237 e. The van der Waals surface area contributed by atoms with Crippen LogP contribution < -0.4 is 4.74 Å². The summed E-state index contributed by atoms with van der Waals surface area (Å²) in [7, 11) is 0. The van der Waals surface area contributed by atoms with Crippen LogP contribution in [-0.4, -0.2) is 25.2 Å². The normalized spacial score (nSPS) is 10.7. The van der Waals surface area contributed by atoms with Gasteiger partial charge in [0.1, 0.15) is 24.6 Å². The molecule has 3 aromatic rings. The van der Waals surface area contributed by atoms with Crippen molar-refractivity contribution in [2.75, 3.05) is 0 Å². The van der Waals surface area contributed by atoms with Gasteiger partial charge in [-0.1, -0.05) is 30.3 Å². The van der Waals surface area contributed by atoms with Crippen molar-refractivity contribution in [2.24, 2.45) is 0 Å². The Morgan fingerprint density at radius 2 is 1.90 bits per heavy atom. The molecule has 0 fully saturated rings. The van der Waals surface area contributed by atoms with Crippen LogP contribution >= 0.6 is 0 Å². The lowest BCUT2D eigenvalue weighted by molar-refractivity contribution is 0.301. The third-order valence-corrected chi connectivity index (χ3v) is 2.82. The third-order valence-electron chi connectivity index (χ3n) is 2.82. The Labute approximate surface area is 121 Å². The van der Waals surface area contributed by atoms with Gasteiger partial charge in [0.2, 0.25) is 11.8 Å². The first-order chi connectivity index (χ1) is 10.3. The zero-order chi connectivity index (χ0) is 14.5. The molecule has 0 N–H and O–H groups in total. The van der Waals surface area contributed by atoms with Gasteiger partial charge in [-0.2, -0.15) is 0 Å². The summed E-state index contributed by atoms with van der Waals surface area (Å²) in [6.45, 7) is 2.74. The van der Waals surface area contributed by atoms with E-state index in [2.05, 4.69) is 20.5 Å². The molecule has 0 amide bonds. The molecule has 0 spiro atoms. The van der Waals surface area contributed by atoms with Crippen molar-refractivity contribution < 1.29 is 9.15 Å². The predicted molar refractivity (Wildman–Crippen MR) is 73.6 cm³/mol. The SMILES string of the molecule is CCc1nnc(Cn2cc(COc3ccccc3)nn2)o1. The fourth-order valence-electron chi connectivity index (χ4n) is 1.79. The molecule has 7 heteroatoms. The van der Waals surface area contributed by atoms with Gasteiger partial charge in [-0.15, -0.1) is 15.3 Å². The Morgan fingerprint density at radius 1 is 1.10 bits per heavy atom. The molecule has 3 rings (SSSR count). The molecule has 0 radical (unpaired) electrons. The Morgan fingerprint density at radius 3 is 2.67 bits per heavy atom. The summed E-state index contributed by atoms with van der Waals surface area (Å²) in [6.07, 6.45) is 2.53. The van der Waals surface area contributed by atoms with Crippen LogP contribution in [0.3, 0.4) is 0 Å². The highest BCUT2D eigenvalue weighted by Crippen LogP contribution is 2.10. The Kier molecular flexibility index (Phi) is 3.90. The molecule has 1 aromatic carbocycles. The lowest BCUT2D eigenvalue weighted by Crippen LogP contribution is -2.00. The average Bonchev–Trinajstić information content (AvgIpc) is 3.16. The first kappa shape index (κ1) is 13.3. The van der Waals surface area contributed by atoms with Gasteiger partial charge in [-0.05, 0) is 12.1 Å². The lowest BCUT2D eigenvalue weighted by atomic mass is 10.3. The van der Waals surface area contributed by atoms with Crippen LogP contribution in [0.2, 0.25) is 0 Å². The summed E-state index contributed by atoms with van der Waals surface area (Å²) in [6, 6.07) is 9.59. The number of aryl methyl sites for hydroxylation is 1. The molecule has 0 aliphatic carbocycles. The second-order valence-corrected chi connectivity index (χ2v) is 4.45. The van der Waals surface area contributed by atoms with Gasteiger partial charge in [0, 0.05) is 6.42 Å². The van der Waals surface area contributed by atoms with E-state index in [-0.39, 0.29) is 0 Å². The van der Waals surface area contributed by atoms with E-state index in [1.54, 1.807) is 10.9 Å². The molecule has 2 heterocycles. The largest absolute Gasteiger partial charge is 0.487 e. The van der Waals surface area contributed by atoms with Gasteiger partial charge in [0.25, 0.3) is 0 Å². The molecule has 0 unspecified atom stereocenters. The maximum absolute atomic E-state index is 5.61. The molecule has 0 bridgehead atoms. The van der Waals surface area contributed by atoms with Crippen LogP contribution in [0.4, 0.5) is 0 Å². The Hall–Kier alpha value is -2.70. The average molecular weight is 285 g/mol. The fraction of sp³-hybridized carbons (Fsp3) is 0.286. The topological polar surface area (TPSA) is 78.9 Å². The van der Waals surface area contributed by atoms with Crippen molar-refractivity contribution in [1.29, 1.82) is 0 Å². The standard InChI is InChI=1S/C14H15N5O2/c1-2-13-16-17-14(21-13)9-19-8-11(15-18-19)10-20-12-6-4-3-5-7-12/h3-8H,2,9-10H2,1H3. The number of nitrogens with zero attached hydrogens (tertiary/aromatic N) is 5. The number of ether oxygens (including phenoxy) is 1. The minimum Gasteiger partial charge on any atom is -0.487 e. The van der Waals surface area contributed by atoms with E-state index in [0.29, 0.717) is 24.9 Å². The van der Waals surface area contributed by atoms with Gasteiger partial charge in [0.05, 0.1) is 6.20 Å². The lowest BCUT2D eigenvalue weighted by Gasteiger charge is -2.02. The molecule has 108 valence electrons. The minimum absolute atomic E-state index is 0.369. The van der Waals surface area contributed by atoms with Crippen molar-refractivity contribution in [2.45, 2.75) is 26.5 Å². The molecular weight excluding hydrogens is 270 g/mol. The maximum atomic E-state index is 5.61. The van der Waals surface area contributed by atoms with E-state index in [0.717, 1.165) is 17.9 Å². The molecule has 2 aromatic heterocycles. The summed E-state index contributed by atoms with van der Waals surface area (Å²) in [5, 5.41) is 15.9. The molecule has 0 aliphatic heterocycles. The number of benzene rings is 1. The summed E-state index contributed by atoms with van der Waals surface area (Å²) in [4.78, 5) is 0. The second kappa shape index (κ2) is 6.17. The van der Waals surface area contributed by atoms with Crippen molar-refractivity contribution in [3.63, 3.8) is 0 Å². The summed E-state index contributed by atoms with van der Waals surface area (Å²) >= 11 is 0. The monoisotopic (exact) mass is 285 g/mol. The Bertz CT molecular complexity index is 692. The highest BCUT2D eigenvalue weighted by molar-refractivity contribution is 5.21. The third kappa shape index (κ3) is 3.44. The van der Waals surface area contributed by atoms with Crippen molar-refractivity contribution in [3.8, 4) is 5.75 Å². The maximum Gasteiger partial charge on any atom is 0.237 e. The summed E-state index contributed by atoms with van der Waals surface area (Å²) < 4.78 is 12.7. The van der Waals surface area contributed by atoms with Crippen LogP contribution in [0, 0.1) is 0 Å². The van der Waals surface area contributed by atoms with Crippen molar-refractivity contribution in [3.05, 3.63) is 54.0 Å². The molecule has 0 atom stereocenters. The fourth-order valence-corrected chi connectivity index (χ4v) is 1.79. The summed E-state index contributed by atoms with van der Waals surface area (Å²) in [5.41, 5.74) is 0.745. The zero-order valence-electron chi connectivity index (χ0n) is 11.6. The number of para-hydroxylation sites is 1. The molecule has 0 saturated carbocycles. The Balaban J connectivity index is 1.58. The van der Waals surface area contributed by atoms with Gasteiger partial charge < -0.3 is 9.15 Å². The van der Waals surface area contributed by atoms with E-state index in [4.69, 9.17) is 9.15 Å². The minimum atomic E-state index is 0.369. The summed E-state index contributed by atoms with van der Waals surface area (Å²) in [5.74, 6) is 1.95. The zero-order valence-corrected chi connectivity index (χ0v) is 11.6. The van der Waals surface area contributed by atoms with Gasteiger partial charge in [-0.25, -0.2) is 4.68 Å². The van der Waals surface area contributed by atoms with Crippen LogP contribution in [-0.2, 0) is 19.6 Å². The molecule has 0 saturated heterocycles. The molecular formula is C14H15N5O2. The van der Waals surface area contributed by atoms with E-state index >= 15 is 0 Å².